The predicted octanol–water partition coefficient (Wildman–Crippen LogP) is 6.54. The molecule has 4 aromatic rings. The average Bonchev–Trinajstić information content (AvgIpc) is 3.23. The van der Waals surface area contributed by atoms with Gasteiger partial charge in [-0.1, -0.05) is 23.2 Å². The van der Waals surface area contributed by atoms with E-state index in [-0.39, 0.29) is 5.75 Å². The minimum atomic E-state index is -5.08. The third kappa shape index (κ3) is 7.34. The Morgan fingerprint density at radius 3 is 1.98 bits per heavy atom. The molecule has 1 aliphatic heterocycles. The number of hydrogen-bond donors (Lipinski definition) is 5. The SMILES string of the molecule is O=C(O)C(F)(F)F.O=C(O)C(F)(F)F.Oc1cc(Cl)c(-c2nc3c([nH]2)-c2ccncc2Nc2ncccc2-3)c(Cl)c1. The topological polar surface area (TPSA) is 161 Å². The highest BCUT2D eigenvalue weighted by Crippen LogP contribution is 2.44. The first-order valence-corrected chi connectivity index (χ1v) is 11.3. The fraction of sp³-hybridized carbons (Fsp3) is 0.0870. The van der Waals surface area contributed by atoms with Gasteiger partial charge < -0.3 is 25.6 Å². The molecule has 0 radical (unpaired) electrons. The molecular formula is C23H13Cl2F6N5O5. The van der Waals surface area contributed by atoms with Crippen LogP contribution < -0.4 is 5.32 Å². The lowest BCUT2D eigenvalue weighted by molar-refractivity contribution is -0.193. The van der Waals surface area contributed by atoms with Crippen molar-refractivity contribution in [1.82, 2.24) is 19.9 Å². The van der Waals surface area contributed by atoms with E-state index < -0.39 is 24.3 Å². The first-order chi connectivity index (χ1) is 19.0. The van der Waals surface area contributed by atoms with Crippen molar-refractivity contribution in [3.8, 4) is 39.7 Å². The monoisotopic (exact) mass is 623 g/mol. The normalized spacial score (nSPS) is 11.6. The van der Waals surface area contributed by atoms with Crippen LogP contribution in [0.2, 0.25) is 10.0 Å². The lowest BCUT2D eigenvalue weighted by Crippen LogP contribution is -2.21. The molecule has 0 unspecified atom stereocenters. The third-order valence-corrected chi connectivity index (χ3v) is 5.45. The van der Waals surface area contributed by atoms with E-state index in [1.165, 1.54) is 12.1 Å². The van der Waals surface area contributed by atoms with Crippen molar-refractivity contribution in [3.05, 3.63) is 59.0 Å². The van der Waals surface area contributed by atoms with Gasteiger partial charge in [0.2, 0.25) is 0 Å². The zero-order valence-corrected chi connectivity index (χ0v) is 21.2. The van der Waals surface area contributed by atoms with Crippen molar-refractivity contribution in [1.29, 1.82) is 0 Å². The van der Waals surface area contributed by atoms with Gasteiger partial charge in [-0.3, -0.25) is 4.98 Å². The number of carboxylic acids is 2. The number of aromatic hydroxyl groups is 1. The summed E-state index contributed by atoms with van der Waals surface area (Å²) in [4.78, 5) is 34.5. The first-order valence-electron chi connectivity index (χ1n) is 10.6. The van der Waals surface area contributed by atoms with E-state index in [4.69, 9.17) is 48.0 Å². The number of imidazole rings is 1. The maximum atomic E-state index is 10.6. The van der Waals surface area contributed by atoms with Crippen molar-refractivity contribution < 1.29 is 51.3 Å². The van der Waals surface area contributed by atoms with Crippen LogP contribution in [-0.2, 0) is 9.59 Å². The number of carbonyl (C=O) groups is 2. The number of aliphatic carboxylic acids is 2. The van der Waals surface area contributed by atoms with Crippen LogP contribution in [0.15, 0.2) is 48.9 Å². The van der Waals surface area contributed by atoms with Crippen LogP contribution >= 0.6 is 23.2 Å². The van der Waals surface area contributed by atoms with Crippen LogP contribution in [0.4, 0.5) is 37.8 Å². The van der Waals surface area contributed by atoms with E-state index in [0.29, 0.717) is 27.3 Å². The van der Waals surface area contributed by atoms with Gasteiger partial charge in [0.05, 0.1) is 33.2 Å². The number of phenols is 1. The summed E-state index contributed by atoms with van der Waals surface area (Å²) < 4.78 is 63.5. The standard InChI is InChI=1S/C19H11Cl2N5O.2C2HF3O2/c20-12-6-9(27)7-13(21)15(12)19-25-16-10-3-5-22-8-14(10)24-18-11(17(16)26-19)2-1-4-23-18;2*3-2(4,5)1(6)7/h1-8,27H,(H,23,24)(H,25,26);2*(H,6,7). The second kappa shape index (κ2) is 11.9. The number of anilines is 2. The summed E-state index contributed by atoms with van der Waals surface area (Å²) in [5, 5.41) is 27.9. The minimum Gasteiger partial charge on any atom is -0.508 e. The highest BCUT2D eigenvalue weighted by atomic mass is 35.5. The molecule has 3 aromatic heterocycles. The lowest BCUT2D eigenvalue weighted by atomic mass is 10.1. The fourth-order valence-electron chi connectivity index (χ4n) is 3.20. The number of aromatic amines is 1. The van der Waals surface area contributed by atoms with E-state index in [9.17, 15) is 31.4 Å². The highest BCUT2D eigenvalue weighted by molar-refractivity contribution is 6.39. The summed E-state index contributed by atoms with van der Waals surface area (Å²) in [7, 11) is 0. The van der Waals surface area contributed by atoms with Gasteiger partial charge in [0.25, 0.3) is 0 Å². The van der Waals surface area contributed by atoms with Crippen LogP contribution in [0.25, 0.3) is 33.9 Å². The molecule has 0 saturated carbocycles. The molecule has 0 aliphatic carbocycles. The van der Waals surface area contributed by atoms with Gasteiger partial charge in [-0.05, 0) is 30.3 Å². The maximum absolute atomic E-state index is 10.6. The smallest absolute Gasteiger partial charge is 0.490 e. The average molecular weight is 624 g/mol. The quantitative estimate of drug-likeness (QED) is 0.131. The number of nitrogens with one attached hydrogen (secondary N) is 2. The molecule has 4 heterocycles. The van der Waals surface area contributed by atoms with Gasteiger partial charge >= 0.3 is 24.3 Å². The Kier molecular flexibility index (Phi) is 8.98. The zero-order chi connectivity index (χ0) is 30.7. The molecule has 18 heteroatoms. The second-order valence-corrected chi connectivity index (χ2v) is 8.46. The predicted molar refractivity (Wildman–Crippen MR) is 133 cm³/mol. The Bertz CT molecular complexity index is 1500. The Labute approximate surface area is 234 Å². The number of pyridine rings is 2. The molecule has 5 N–H and O–H groups in total. The molecule has 0 saturated heterocycles. The third-order valence-electron chi connectivity index (χ3n) is 4.86. The van der Waals surface area contributed by atoms with Crippen molar-refractivity contribution in [3.63, 3.8) is 0 Å². The number of rotatable bonds is 1. The van der Waals surface area contributed by atoms with E-state index >= 15 is 0 Å². The summed E-state index contributed by atoms with van der Waals surface area (Å²) in [6, 6.07) is 8.57. The Morgan fingerprint density at radius 2 is 1.44 bits per heavy atom. The van der Waals surface area contributed by atoms with E-state index in [1.807, 2.05) is 18.2 Å². The number of aromatic nitrogens is 4. The Morgan fingerprint density at radius 1 is 0.878 bits per heavy atom. The van der Waals surface area contributed by atoms with Crippen LogP contribution in [-0.4, -0.2) is 59.5 Å². The number of nitrogens with zero attached hydrogens (tertiary/aromatic N) is 3. The van der Waals surface area contributed by atoms with E-state index in [1.54, 1.807) is 18.6 Å². The van der Waals surface area contributed by atoms with Crippen molar-refractivity contribution in [2.45, 2.75) is 12.4 Å². The first kappa shape index (κ1) is 31.0. The summed E-state index contributed by atoms with van der Waals surface area (Å²) in [6.45, 7) is 0. The molecule has 0 atom stereocenters. The number of halogens is 8. The lowest BCUT2D eigenvalue weighted by Gasteiger charge is -2.08. The van der Waals surface area contributed by atoms with Crippen molar-refractivity contribution in [2.75, 3.05) is 5.32 Å². The molecule has 0 bridgehead atoms. The van der Waals surface area contributed by atoms with Crippen LogP contribution in [0.5, 0.6) is 5.75 Å². The van der Waals surface area contributed by atoms with E-state index in [0.717, 1.165) is 28.2 Å². The van der Waals surface area contributed by atoms with Crippen molar-refractivity contribution >= 4 is 46.6 Å². The number of H-pyrrole nitrogens is 1. The fourth-order valence-corrected chi connectivity index (χ4v) is 3.86. The molecule has 10 nitrogen and oxygen atoms in total. The number of alkyl halides is 6. The minimum absolute atomic E-state index is 0.00275. The van der Waals surface area contributed by atoms with E-state index in [2.05, 4.69) is 20.3 Å². The molecule has 41 heavy (non-hydrogen) atoms. The number of carboxylic acid groups (broad SMARTS) is 2. The van der Waals surface area contributed by atoms with Gasteiger partial charge in [0, 0.05) is 23.5 Å². The number of hydrogen-bond acceptors (Lipinski definition) is 7. The molecule has 1 aliphatic rings. The molecule has 0 spiro atoms. The molecule has 1 aromatic carbocycles. The van der Waals surface area contributed by atoms with Gasteiger partial charge in [-0.2, -0.15) is 26.3 Å². The Balaban J connectivity index is 0.000000276. The summed E-state index contributed by atoms with van der Waals surface area (Å²) in [5.74, 6) is -4.32. The van der Waals surface area contributed by atoms with Gasteiger partial charge in [-0.25, -0.2) is 19.6 Å². The van der Waals surface area contributed by atoms with Crippen LogP contribution in [0.1, 0.15) is 0 Å². The van der Waals surface area contributed by atoms with Crippen molar-refractivity contribution in [2.24, 2.45) is 0 Å². The number of benzene rings is 1. The second-order valence-electron chi connectivity index (χ2n) is 7.65. The van der Waals surface area contributed by atoms with Crippen LogP contribution in [0, 0.1) is 0 Å². The molecule has 0 fully saturated rings. The largest absolute Gasteiger partial charge is 0.508 e. The van der Waals surface area contributed by atoms with Gasteiger partial charge in [-0.15, -0.1) is 0 Å². The Hall–Kier alpha value is -4.57. The summed E-state index contributed by atoms with van der Waals surface area (Å²) in [5.41, 5.74) is 4.63. The van der Waals surface area contributed by atoms with Gasteiger partial charge in [0.15, 0.2) is 0 Å². The highest BCUT2D eigenvalue weighted by Gasteiger charge is 2.39. The van der Waals surface area contributed by atoms with Crippen LogP contribution in [0.3, 0.4) is 0 Å². The molecule has 5 rings (SSSR count). The number of phenolic OH excluding ortho intramolecular Hbond substituents is 1. The van der Waals surface area contributed by atoms with Gasteiger partial charge in [0.1, 0.15) is 23.1 Å². The number of fused-ring (bicyclic) bond motifs is 5. The molecule has 216 valence electrons. The zero-order valence-electron chi connectivity index (χ0n) is 19.6. The molecular weight excluding hydrogens is 611 g/mol. The maximum Gasteiger partial charge on any atom is 0.490 e. The summed E-state index contributed by atoms with van der Waals surface area (Å²) in [6.07, 6.45) is -4.99. The summed E-state index contributed by atoms with van der Waals surface area (Å²) >= 11 is 12.7. The molecule has 0 amide bonds.